The predicted octanol–water partition coefficient (Wildman–Crippen LogP) is -3.65. The van der Waals surface area contributed by atoms with Crippen molar-refractivity contribution in [2.24, 2.45) is 5.73 Å². The molecule has 0 saturated heterocycles. The Morgan fingerprint density at radius 1 is 1.71 bits per heavy atom. The van der Waals surface area contributed by atoms with Gasteiger partial charge in [0.15, 0.2) is 0 Å². The zero-order chi connectivity index (χ0) is 5.15. The fraction of sp³-hybridized carbons (Fsp3) is 0. The van der Waals surface area contributed by atoms with Gasteiger partial charge in [0.2, 0.25) is 5.91 Å². The van der Waals surface area contributed by atoms with Crippen LogP contribution in [0.4, 0.5) is 0 Å². The Hall–Kier alpha value is 1.42. The average molecular weight is 159 g/mol. The van der Waals surface area contributed by atoms with E-state index in [0.29, 0.717) is 0 Å². The molecule has 0 saturated carbocycles. The molecule has 5 heteroatoms. The average Bonchev–Trinajstić information content (AvgIpc) is 1.36. The van der Waals surface area contributed by atoms with Crippen LogP contribution in [-0.2, 0) is 17.4 Å². The predicted molar refractivity (Wildman–Crippen MR) is 29.2 cm³/mol. The third kappa shape index (κ3) is 7.42. The van der Waals surface area contributed by atoms with Crippen molar-refractivity contribution >= 4 is 35.0 Å². The van der Waals surface area contributed by atoms with Crippen LogP contribution in [0.25, 0.3) is 0 Å². The van der Waals surface area contributed by atoms with Gasteiger partial charge in [0.05, 0.1) is 0 Å². The summed E-state index contributed by atoms with van der Waals surface area (Å²) in [5.74, 6) is -0.694. The second-order valence-electron chi connectivity index (χ2n) is 0.652. The molecule has 0 bridgehead atoms. The van der Waals surface area contributed by atoms with Crippen LogP contribution >= 0.6 is 12.2 Å². The fourth-order valence-electron chi connectivity index (χ4n) is 0. The van der Waals surface area contributed by atoms with E-state index in [-0.39, 0.29) is 55.6 Å². The third-order valence-electron chi connectivity index (χ3n) is 0.201. The van der Waals surface area contributed by atoms with Gasteiger partial charge in [0.1, 0.15) is 0 Å². The van der Waals surface area contributed by atoms with Crippen LogP contribution in [0.5, 0.6) is 0 Å². The summed E-state index contributed by atoms with van der Waals surface area (Å²) in [7, 11) is 0. The number of primary amides is 1. The largest absolute Gasteiger partial charge is 1.00 e. The Labute approximate surface area is 95.0 Å². The van der Waals surface area contributed by atoms with E-state index in [9.17, 15) is 4.79 Å². The molecule has 0 rings (SSSR count). The second kappa shape index (κ2) is 5.55. The quantitative estimate of drug-likeness (QED) is 0.244. The van der Waals surface area contributed by atoms with Gasteiger partial charge >= 0.3 is 51.4 Å². The van der Waals surface area contributed by atoms with Crippen LogP contribution in [0.1, 0.15) is 0 Å². The topological polar surface area (TPSA) is 43.1 Å². The van der Waals surface area contributed by atoms with E-state index in [0.717, 1.165) is 0 Å². The number of carbonyl (C=O) groups is 1. The summed E-state index contributed by atoms with van der Waals surface area (Å²) in [5.41, 5.74) is 4.55. The summed E-state index contributed by atoms with van der Waals surface area (Å²) >= 11 is 8.32. The number of hydrogen-bond acceptors (Lipinski definition) is 3. The minimum atomic E-state index is -0.694. The maximum Gasteiger partial charge on any atom is 1.00 e. The molecule has 0 unspecified atom stereocenters. The van der Waals surface area contributed by atoms with Crippen molar-refractivity contribution in [3.63, 3.8) is 0 Å². The van der Waals surface area contributed by atoms with E-state index >= 15 is 0 Å². The van der Waals surface area contributed by atoms with Crippen molar-refractivity contribution in [3.8, 4) is 0 Å². The van der Waals surface area contributed by atoms with Gasteiger partial charge in [-0.25, -0.2) is 0 Å². The zero-order valence-corrected chi connectivity index (χ0v) is 8.56. The zero-order valence-electron chi connectivity index (χ0n) is 3.80. The number of thiocarbonyl (C=S) groups is 1. The van der Waals surface area contributed by atoms with Crippen LogP contribution in [0.2, 0.25) is 0 Å². The van der Waals surface area contributed by atoms with Crippen molar-refractivity contribution in [1.82, 2.24) is 0 Å². The Kier molecular flexibility index (Phi) is 8.92. The standard InChI is InChI=1S/C2H3NOS2.K/c3-1(4)2(5)6;/h(H2,3,4)(H,5,6);/q;+1/p-1. The second-order valence-corrected chi connectivity index (χ2v) is 1.73. The third-order valence-corrected chi connectivity index (χ3v) is 0.604. The monoisotopic (exact) mass is 159 g/mol. The Morgan fingerprint density at radius 3 is 1.86 bits per heavy atom. The summed E-state index contributed by atoms with van der Waals surface area (Å²) in [5, 5.41) is 0. The summed E-state index contributed by atoms with van der Waals surface area (Å²) in [4.78, 5) is 9.68. The molecular weight excluding hydrogens is 157 g/mol. The smallest absolute Gasteiger partial charge is 0.423 e. The van der Waals surface area contributed by atoms with Gasteiger partial charge in [-0.05, 0) is 0 Å². The molecule has 2 nitrogen and oxygen atoms in total. The van der Waals surface area contributed by atoms with Crippen molar-refractivity contribution in [2.75, 3.05) is 0 Å². The number of amides is 1. The van der Waals surface area contributed by atoms with Gasteiger partial charge < -0.3 is 30.6 Å². The van der Waals surface area contributed by atoms with Gasteiger partial charge in [-0.15, -0.1) is 0 Å². The van der Waals surface area contributed by atoms with Gasteiger partial charge in [0, 0.05) is 0 Å². The van der Waals surface area contributed by atoms with Crippen molar-refractivity contribution < 1.29 is 56.2 Å². The first-order chi connectivity index (χ1) is 2.64. The van der Waals surface area contributed by atoms with Gasteiger partial charge in [-0.1, -0.05) is 4.20 Å². The van der Waals surface area contributed by atoms with Crippen LogP contribution < -0.4 is 57.1 Å². The van der Waals surface area contributed by atoms with Crippen LogP contribution in [0.15, 0.2) is 0 Å². The summed E-state index contributed by atoms with van der Waals surface area (Å²) in [6, 6.07) is 0. The van der Waals surface area contributed by atoms with Crippen molar-refractivity contribution in [2.45, 2.75) is 0 Å². The maximum atomic E-state index is 9.68. The number of nitrogens with two attached hydrogens (primary N) is 1. The fourth-order valence-corrected chi connectivity index (χ4v) is 0. The molecule has 0 radical (unpaired) electrons. The minimum Gasteiger partial charge on any atom is -0.423 e. The van der Waals surface area contributed by atoms with E-state index in [2.05, 4.69) is 30.6 Å². The van der Waals surface area contributed by atoms with E-state index in [1.165, 1.54) is 0 Å². The molecule has 0 aliphatic rings. The Morgan fingerprint density at radius 2 is 1.86 bits per heavy atom. The van der Waals surface area contributed by atoms with E-state index in [4.69, 9.17) is 0 Å². The molecular formula is C2H2KNOS2. The SMILES string of the molecule is NC(=O)C(=S)[S-].[K+]. The van der Waals surface area contributed by atoms with Crippen molar-refractivity contribution in [3.05, 3.63) is 0 Å². The molecule has 0 aromatic rings. The van der Waals surface area contributed by atoms with Crippen LogP contribution in [0, 0.1) is 0 Å². The maximum absolute atomic E-state index is 9.68. The van der Waals surface area contributed by atoms with E-state index in [1.807, 2.05) is 0 Å². The molecule has 0 aromatic carbocycles. The molecule has 7 heavy (non-hydrogen) atoms. The number of hydrogen-bond donors (Lipinski definition) is 1. The first-order valence-corrected chi connectivity index (χ1v) is 1.97. The van der Waals surface area contributed by atoms with Gasteiger partial charge in [-0.2, -0.15) is 0 Å². The van der Waals surface area contributed by atoms with Crippen LogP contribution in [-0.4, -0.2) is 10.1 Å². The van der Waals surface area contributed by atoms with E-state index in [1.54, 1.807) is 0 Å². The molecule has 0 fully saturated rings. The molecule has 2 N–H and O–H groups in total. The molecule has 0 spiro atoms. The molecule has 0 atom stereocenters. The van der Waals surface area contributed by atoms with E-state index < -0.39 is 5.91 Å². The first kappa shape index (κ1) is 11.2. The first-order valence-electron chi connectivity index (χ1n) is 1.15. The number of rotatable bonds is 1. The summed E-state index contributed by atoms with van der Waals surface area (Å²) in [6.45, 7) is 0. The molecule has 0 aliphatic heterocycles. The molecule has 1 amide bonds. The Bertz CT molecular complexity index is 81.7. The van der Waals surface area contributed by atoms with Gasteiger partial charge in [-0.3, -0.25) is 4.79 Å². The minimum absolute atomic E-state index is 0. The summed E-state index contributed by atoms with van der Waals surface area (Å²) < 4.78 is -0.185. The molecule has 0 aromatic heterocycles. The Balaban J connectivity index is 0. The normalized spacial score (nSPS) is 6.29. The molecule has 0 heterocycles. The van der Waals surface area contributed by atoms with Crippen LogP contribution in [0.3, 0.4) is 0 Å². The van der Waals surface area contributed by atoms with Gasteiger partial charge in [0.25, 0.3) is 0 Å². The summed E-state index contributed by atoms with van der Waals surface area (Å²) in [6.07, 6.45) is 0. The van der Waals surface area contributed by atoms with Crippen molar-refractivity contribution in [1.29, 1.82) is 0 Å². The molecule has 0 aliphatic carbocycles. The number of carbonyl (C=O) groups excluding carboxylic acids is 1. The molecule has 34 valence electrons.